The van der Waals surface area contributed by atoms with E-state index < -0.39 is 0 Å². The van der Waals surface area contributed by atoms with Crippen molar-refractivity contribution in [3.8, 4) is 0 Å². The molecule has 0 aliphatic carbocycles. The van der Waals surface area contributed by atoms with Crippen molar-refractivity contribution in [2.75, 3.05) is 13.2 Å². The molecule has 0 aliphatic rings. The number of ether oxygens (including phenoxy) is 1. The van der Waals surface area contributed by atoms with Crippen molar-refractivity contribution >= 4 is 17.3 Å². The first-order valence-electron chi connectivity index (χ1n) is 2.67. The molecular formula is C5H11NOS. The molecule has 0 aromatic carbocycles. The lowest BCUT2D eigenvalue weighted by Gasteiger charge is -2.00. The van der Waals surface area contributed by atoms with Gasteiger partial charge in [0.25, 0.3) is 0 Å². The standard InChI is InChI=1S/C5H11NOS/c1-2-7-5(8)3-4-6/h2-4,6H2,1H3. The third-order valence-electron chi connectivity index (χ3n) is 0.654. The Labute approximate surface area is 55.0 Å². The summed E-state index contributed by atoms with van der Waals surface area (Å²) >= 11 is 4.75. The molecule has 8 heavy (non-hydrogen) atoms. The average Bonchev–Trinajstić information content (AvgIpc) is 1.68. The Morgan fingerprint density at radius 3 is 2.75 bits per heavy atom. The molecule has 2 nitrogen and oxygen atoms in total. The summed E-state index contributed by atoms with van der Waals surface area (Å²) in [6.45, 7) is 3.14. The topological polar surface area (TPSA) is 35.2 Å². The fourth-order valence-electron chi connectivity index (χ4n) is 0.351. The lowest BCUT2D eigenvalue weighted by Crippen LogP contribution is -2.08. The maximum absolute atomic E-state index is 5.19. The first kappa shape index (κ1) is 7.85. The molecule has 0 aliphatic heterocycles. The largest absolute Gasteiger partial charge is 0.487 e. The fraction of sp³-hybridized carbons (Fsp3) is 0.800. The van der Waals surface area contributed by atoms with Crippen molar-refractivity contribution in [3.05, 3.63) is 0 Å². The van der Waals surface area contributed by atoms with E-state index in [-0.39, 0.29) is 0 Å². The summed E-state index contributed by atoms with van der Waals surface area (Å²) in [6, 6.07) is 0. The van der Waals surface area contributed by atoms with Gasteiger partial charge >= 0.3 is 0 Å². The van der Waals surface area contributed by atoms with Crippen molar-refractivity contribution in [1.82, 2.24) is 0 Å². The van der Waals surface area contributed by atoms with Gasteiger partial charge in [-0.25, -0.2) is 0 Å². The molecular weight excluding hydrogens is 122 g/mol. The summed E-state index contributed by atoms with van der Waals surface area (Å²) in [5.41, 5.74) is 5.19. The summed E-state index contributed by atoms with van der Waals surface area (Å²) < 4.78 is 4.93. The second-order valence-corrected chi connectivity index (χ2v) is 1.80. The Kier molecular flexibility index (Phi) is 4.90. The molecule has 0 rings (SSSR count). The Hall–Kier alpha value is -0.150. The third-order valence-corrected chi connectivity index (χ3v) is 0.976. The number of hydrogen-bond acceptors (Lipinski definition) is 3. The summed E-state index contributed by atoms with van der Waals surface area (Å²) in [6.07, 6.45) is 0.698. The summed E-state index contributed by atoms with van der Waals surface area (Å²) in [5.74, 6) is 0. The van der Waals surface area contributed by atoms with E-state index in [4.69, 9.17) is 22.7 Å². The highest BCUT2D eigenvalue weighted by molar-refractivity contribution is 7.80. The SMILES string of the molecule is CCOC(=S)CCN. The zero-order chi connectivity index (χ0) is 6.41. The highest BCUT2D eigenvalue weighted by atomic mass is 32.1. The van der Waals surface area contributed by atoms with Crippen molar-refractivity contribution in [2.45, 2.75) is 13.3 Å². The second-order valence-electron chi connectivity index (χ2n) is 1.34. The average molecular weight is 133 g/mol. The molecule has 48 valence electrons. The van der Waals surface area contributed by atoms with E-state index in [1.165, 1.54) is 0 Å². The molecule has 0 amide bonds. The fourth-order valence-corrected chi connectivity index (χ4v) is 0.587. The van der Waals surface area contributed by atoms with Gasteiger partial charge in [0.2, 0.25) is 0 Å². The molecule has 2 N–H and O–H groups in total. The van der Waals surface area contributed by atoms with Crippen LogP contribution < -0.4 is 5.73 Å². The number of nitrogens with two attached hydrogens (primary N) is 1. The maximum Gasteiger partial charge on any atom is 0.160 e. The van der Waals surface area contributed by atoms with Gasteiger partial charge in [-0.15, -0.1) is 0 Å². The number of thiocarbonyl (C=S) groups is 1. The number of rotatable bonds is 3. The molecule has 0 heterocycles. The van der Waals surface area contributed by atoms with Crippen LogP contribution in [0, 0.1) is 0 Å². The van der Waals surface area contributed by atoms with Gasteiger partial charge < -0.3 is 10.5 Å². The van der Waals surface area contributed by atoms with Crippen LogP contribution in [-0.4, -0.2) is 18.2 Å². The Balaban J connectivity index is 3.06. The zero-order valence-corrected chi connectivity index (χ0v) is 5.83. The van der Waals surface area contributed by atoms with Gasteiger partial charge in [0.1, 0.15) is 0 Å². The molecule has 0 radical (unpaired) electrons. The highest BCUT2D eigenvalue weighted by Crippen LogP contribution is 1.85. The van der Waals surface area contributed by atoms with Crippen LogP contribution in [-0.2, 0) is 4.74 Å². The van der Waals surface area contributed by atoms with Crippen LogP contribution in [0.25, 0.3) is 0 Å². The van der Waals surface area contributed by atoms with Crippen molar-refractivity contribution < 1.29 is 4.74 Å². The van der Waals surface area contributed by atoms with Crippen LogP contribution in [0.15, 0.2) is 0 Å². The van der Waals surface area contributed by atoms with Gasteiger partial charge in [0.15, 0.2) is 5.05 Å². The molecule has 0 saturated heterocycles. The van der Waals surface area contributed by atoms with E-state index in [0.717, 1.165) is 0 Å². The quantitative estimate of drug-likeness (QED) is 0.575. The van der Waals surface area contributed by atoms with Crippen molar-refractivity contribution in [1.29, 1.82) is 0 Å². The zero-order valence-electron chi connectivity index (χ0n) is 5.02. The van der Waals surface area contributed by atoms with Gasteiger partial charge in [-0.2, -0.15) is 0 Å². The minimum absolute atomic E-state index is 0.582. The third kappa shape index (κ3) is 4.02. The molecule has 3 heteroatoms. The van der Waals surface area contributed by atoms with Crippen LogP contribution in [0.5, 0.6) is 0 Å². The van der Waals surface area contributed by atoms with Gasteiger partial charge in [-0.3, -0.25) is 0 Å². The van der Waals surface area contributed by atoms with E-state index in [1.807, 2.05) is 6.92 Å². The van der Waals surface area contributed by atoms with E-state index in [9.17, 15) is 0 Å². The first-order valence-corrected chi connectivity index (χ1v) is 3.07. The van der Waals surface area contributed by atoms with Crippen molar-refractivity contribution in [3.63, 3.8) is 0 Å². The first-order chi connectivity index (χ1) is 3.81. The molecule has 0 spiro atoms. The normalized spacial score (nSPS) is 8.75. The summed E-state index contributed by atoms with van der Waals surface area (Å²) in [7, 11) is 0. The molecule has 0 unspecified atom stereocenters. The lowest BCUT2D eigenvalue weighted by molar-refractivity contribution is 0.327. The summed E-state index contributed by atoms with van der Waals surface area (Å²) in [4.78, 5) is 0. The molecule has 0 aromatic heterocycles. The van der Waals surface area contributed by atoms with Gasteiger partial charge in [0.05, 0.1) is 6.61 Å². The highest BCUT2D eigenvalue weighted by Gasteiger charge is 1.90. The monoisotopic (exact) mass is 133 g/mol. The van der Waals surface area contributed by atoms with E-state index >= 15 is 0 Å². The summed E-state index contributed by atoms with van der Waals surface area (Å²) in [5, 5.41) is 0.620. The predicted molar refractivity (Wildman–Crippen MR) is 37.9 cm³/mol. The van der Waals surface area contributed by atoms with Crippen molar-refractivity contribution in [2.24, 2.45) is 5.73 Å². The lowest BCUT2D eigenvalue weighted by atomic mass is 10.5. The minimum atomic E-state index is 0.582. The van der Waals surface area contributed by atoms with Crippen LogP contribution in [0.2, 0.25) is 0 Å². The Bertz CT molecular complexity index is 66.8. The Morgan fingerprint density at radius 1 is 1.75 bits per heavy atom. The van der Waals surface area contributed by atoms with Gasteiger partial charge in [0, 0.05) is 13.0 Å². The van der Waals surface area contributed by atoms with Gasteiger partial charge in [-0.05, 0) is 19.1 Å². The van der Waals surface area contributed by atoms with Crippen LogP contribution in [0.4, 0.5) is 0 Å². The van der Waals surface area contributed by atoms with Crippen LogP contribution in [0.1, 0.15) is 13.3 Å². The van der Waals surface area contributed by atoms with E-state index in [1.54, 1.807) is 0 Å². The maximum atomic E-state index is 5.19. The smallest absolute Gasteiger partial charge is 0.160 e. The van der Waals surface area contributed by atoms with Gasteiger partial charge in [-0.1, -0.05) is 0 Å². The number of hydrogen-bond donors (Lipinski definition) is 1. The molecule has 0 saturated carbocycles. The molecule has 0 bridgehead atoms. The predicted octanol–water partition coefficient (Wildman–Crippen LogP) is 0.699. The minimum Gasteiger partial charge on any atom is -0.487 e. The molecule has 0 atom stereocenters. The molecule has 0 aromatic rings. The van der Waals surface area contributed by atoms with E-state index in [0.29, 0.717) is 24.6 Å². The molecule has 0 fully saturated rings. The van der Waals surface area contributed by atoms with Crippen LogP contribution in [0.3, 0.4) is 0 Å². The van der Waals surface area contributed by atoms with Crippen LogP contribution >= 0.6 is 12.2 Å². The second kappa shape index (κ2) is 5.00. The van der Waals surface area contributed by atoms with E-state index in [2.05, 4.69) is 0 Å². The Morgan fingerprint density at radius 2 is 2.38 bits per heavy atom.